The van der Waals surface area contributed by atoms with Gasteiger partial charge in [-0.15, -0.1) is 11.3 Å². The summed E-state index contributed by atoms with van der Waals surface area (Å²) < 4.78 is 52.8. The van der Waals surface area contributed by atoms with E-state index in [4.69, 9.17) is 15.2 Å². The number of carbonyl (C=O) groups is 1. The zero-order valence-corrected chi connectivity index (χ0v) is 19.2. The molecular formula is C23H24F3N3O3S. The van der Waals surface area contributed by atoms with Crippen molar-refractivity contribution in [3.05, 3.63) is 45.5 Å². The molecule has 3 N–H and O–H groups in total. The van der Waals surface area contributed by atoms with Crippen LogP contribution in [0.4, 0.5) is 18.9 Å². The van der Waals surface area contributed by atoms with E-state index in [-0.39, 0.29) is 38.8 Å². The van der Waals surface area contributed by atoms with Crippen LogP contribution in [0, 0.1) is 5.92 Å². The van der Waals surface area contributed by atoms with Crippen LogP contribution in [0.5, 0.6) is 11.5 Å². The van der Waals surface area contributed by atoms with Crippen molar-refractivity contribution < 1.29 is 27.4 Å². The van der Waals surface area contributed by atoms with Gasteiger partial charge in [-0.3, -0.25) is 4.79 Å². The van der Waals surface area contributed by atoms with Crippen LogP contribution in [0.2, 0.25) is 0 Å². The van der Waals surface area contributed by atoms with E-state index in [2.05, 4.69) is 10.3 Å². The van der Waals surface area contributed by atoms with Gasteiger partial charge in [0.25, 0.3) is 5.91 Å². The third-order valence-electron chi connectivity index (χ3n) is 5.88. The van der Waals surface area contributed by atoms with Crippen molar-refractivity contribution in [1.29, 1.82) is 0 Å². The summed E-state index contributed by atoms with van der Waals surface area (Å²) in [4.78, 5) is 17.5. The van der Waals surface area contributed by atoms with E-state index >= 15 is 0 Å². The molecule has 2 aromatic heterocycles. The lowest BCUT2D eigenvalue weighted by Gasteiger charge is -2.25. The van der Waals surface area contributed by atoms with Gasteiger partial charge in [0, 0.05) is 17.6 Å². The van der Waals surface area contributed by atoms with Crippen molar-refractivity contribution >= 4 is 33.1 Å². The number of alkyl halides is 3. The molecule has 0 spiro atoms. The summed E-state index contributed by atoms with van der Waals surface area (Å²) >= 11 is 0.892. The van der Waals surface area contributed by atoms with Gasteiger partial charge < -0.3 is 20.5 Å². The molecule has 6 nitrogen and oxygen atoms in total. The number of ether oxygens (including phenoxy) is 2. The first kappa shape index (κ1) is 23.2. The van der Waals surface area contributed by atoms with Crippen LogP contribution in [0.3, 0.4) is 0 Å². The summed E-state index contributed by atoms with van der Waals surface area (Å²) in [6.45, 7) is 2.07. The Morgan fingerprint density at radius 2 is 2.00 bits per heavy atom. The van der Waals surface area contributed by atoms with Gasteiger partial charge >= 0.3 is 6.18 Å². The predicted molar refractivity (Wildman–Crippen MR) is 121 cm³/mol. The summed E-state index contributed by atoms with van der Waals surface area (Å²) in [5.74, 6) is 0.626. The molecule has 0 saturated carbocycles. The maximum atomic E-state index is 14.1. The summed E-state index contributed by atoms with van der Waals surface area (Å²) in [7, 11) is 3.02. The van der Waals surface area contributed by atoms with E-state index in [9.17, 15) is 18.0 Å². The topological polar surface area (TPSA) is 86.5 Å². The van der Waals surface area contributed by atoms with Crippen molar-refractivity contribution in [1.82, 2.24) is 10.3 Å². The number of rotatable bonds is 5. The molecule has 1 aliphatic rings. The fourth-order valence-corrected chi connectivity index (χ4v) is 5.27. The van der Waals surface area contributed by atoms with Crippen LogP contribution in [0.15, 0.2) is 18.2 Å². The molecule has 1 amide bonds. The first-order chi connectivity index (χ1) is 15.6. The molecule has 1 aromatic carbocycles. The van der Waals surface area contributed by atoms with Gasteiger partial charge in [-0.2, -0.15) is 13.2 Å². The van der Waals surface area contributed by atoms with Gasteiger partial charge in [0.05, 0.1) is 25.5 Å². The fourth-order valence-electron chi connectivity index (χ4n) is 4.23. The molecule has 3 aromatic rings. The van der Waals surface area contributed by atoms with Gasteiger partial charge in [-0.1, -0.05) is 13.0 Å². The fraction of sp³-hybridized carbons (Fsp3) is 0.391. The van der Waals surface area contributed by atoms with Gasteiger partial charge in [-0.25, -0.2) is 4.98 Å². The third-order valence-corrected chi connectivity index (χ3v) is 6.98. The molecular weight excluding hydrogens is 455 g/mol. The molecule has 2 heterocycles. The lowest BCUT2D eigenvalue weighted by molar-refractivity contribution is -0.137. The minimum Gasteiger partial charge on any atom is -0.493 e. The van der Waals surface area contributed by atoms with E-state index in [0.29, 0.717) is 30.0 Å². The average Bonchev–Trinajstić information content (AvgIpc) is 3.10. The number of hydrogen-bond donors (Lipinski definition) is 2. The highest BCUT2D eigenvalue weighted by atomic mass is 32.1. The number of pyridine rings is 1. The van der Waals surface area contributed by atoms with E-state index in [0.717, 1.165) is 23.3 Å². The zero-order chi connectivity index (χ0) is 23.9. The van der Waals surface area contributed by atoms with E-state index in [1.54, 1.807) is 18.2 Å². The monoisotopic (exact) mass is 479 g/mol. The average molecular weight is 480 g/mol. The van der Waals surface area contributed by atoms with Crippen LogP contribution in [-0.4, -0.2) is 25.1 Å². The molecule has 0 aliphatic heterocycles. The van der Waals surface area contributed by atoms with Crippen LogP contribution in [-0.2, 0) is 25.6 Å². The first-order valence-electron chi connectivity index (χ1n) is 10.4. The molecule has 0 radical (unpaired) electrons. The lowest BCUT2D eigenvalue weighted by Crippen LogP contribution is -2.23. The second-order valence-electron chi connectivity index (χ2n) is 8.15. The Hall–Kier alpha value is -3.01. The Bertz CT molecular complexity index is 1220. The lowest BCUT2D eigenvalue weighted by atomic mass is 9.84. The maximum absolute atomic E-state index is 14.1. The first-order valence-corrected chi connectivity index (χ1v) is 11.3. The summed E-state index contributed by atoms with van der Waals surface area (Å²) in [6, 6.07) is 5.18. The summed E-state index contributed by atoms with van der Waals surface area (Å²) in [5.41, 5.74) is 6.59. The highest BCUT2D eigenvalue weighted by Gasteiger charge is 2.40. The number of benzene rings is 1. The molecule has 10 heteroatoms. The Kier molecular flexibility index (Phi) is 6.13. The molecule has 1 aliphatic carbocycles. The number of hydrogen-bond acceptors (Lipinski definition) is 6. The smallest absolute Gasteiger partial charge is 0.417 e. The minimum absolute atomic E-state index is 0.0267. The SMILES string of the molecule is COc1ccc(CNC(=O)c2sc3nc4c(c(C(F)(F)F)c3c2N)CC(C)CC4)cc1OC. The van der Waals surface area contributed by atoms with Crippen molar-refractivity contribution in [2.75, 3.05) is 20.0 Å². The highest BCUT2D eigenvalue weighted by Crippen LogP contribution is 2.46. The number of aromatic nitrogens is 1. The molecule has 1 unspecified atom stereocenters. The zero-order valence-electron chi connectivity index (χ0n) is 18.4. The van der Waals surface area contributed by atoms with Gasteiger partial charge in [0.2, 0.25) is 0 Å². The molecule has 0 bridgehead atoms. The Morgan fingerprint density at radius 3 is 2.67 bits per heavy atom. The predicted octanol–water partition coefficient (Wildman–Crippen LogP) is 4.97. The Labute approximate surface area is 192 Å². The number of anilines is 1. The quantitative estimate of drug-likeness (QED) is 0.540. The molecule has 1 atom stereocenters. The number of nitrogens with two attached hydrogens (primary N) is 1. The molecule has 176 valence electrons. The van der Waals surface area contributed by atoms with Crippen molar-refractivity contribution in [2.24, 2.45) is 5.92 Å². The van der Waals surface area contributed by atoms with Crippen LogP contribution in [0.25, 0.3) is 10.2 Å². The van der Waals surface area contributed by atoms with E-state index in [1.807, 2.05) is 6.92 Å². The number of methoxy groups -OCH3 is 2. The second-order valence-corrected chi connectivity index (χ2v) is 9.15. The van der Waals surface area contributed by atoms with E-state index < -0.39 is 17.6 Å². The van der Waals surface area contributed by atoms with Gasteiger partial charge in [0.15, 0.2) is 11.5 Å². The maximum Gasteiger partial charge on any atom is 0.417 e. The Balaban J connectivity index is 1.69. The number of aryl methyl sites for hydroxylation is 1. The number of nitrogen functional groups attached to an aromatic ring is 1. The molecule has 0 fully saturated rings. The van der Waals surface area contributed by atoms with Crippen molar-refractivity contribution in [3.8, 4) is 11.5 Å². The van der Waals surface area contributed by atoms with Crippen LogP contribution >= 0.6 is 11.3 Å². The molecule has 4 rings (SSSR count). The Morgan fingerprint density at radius 1 is 1.27 bits per heavy atom. The highest BCUT2D eigenvalue weighted by molar-refractivity contribution is 7.21. The number of thiophene rings is 1. The minimum atomic E-state index is -4.59. The summed E-state index contributed by atoms with van der Waals surface area (Å²) in [6.07, 6.45) is -3.04. The second kappa shape index (κ2) is 8.74. The third kappa shape index (κ3) is 4.31. The number of nitrogens with one attached hydrogen (secondary N) is 1. The van der Waals surface area contributed by atoms with Crippen LogP contribution < -0.4 is 20.5 Å². The number of nitrogens with zero attached hydrogens (tertiary/aromatic N) is 1. The number of halogens is 3. The van der Waals surface area contributed by atoms with Crippen molar-refractivity contribution in [3.63, 3.8) is 0 Å². The van der Waals surface area contributed by atoms with Gasteiger partial charge in [-0.05, 0) is 48.4 Å². The van der Waals surface area contributed by atoms with Gasteiger partial charge in [0.1, 0.15) is 9.71 Å². The largest absolute Gasteiger partial charge is 0.493 e. The number of fused-ring (bicyclic) bond motifs is 2. The molecule has 0 saturated heterocycles. The van der Waals surface area contributed by atoms with E-state index in [1.165, 1.54) is 14.2 Å². The number of carbonyl (C=O) groups excluding carboxylic acids is 1. The molecule has 33 heavy (non-hydrogen) atoms. The van der Waals surface area contributed by atoms with Crippen molar-refractivity contribution in [2.45, 2.75) is 38.9 Å². The van der Waals surface area contributed by atoms with Crippen LogP contribution in [0.1, 0.15) is 45.4 Å². The standard InChI is InChI=1S/C23H24F3N3O3S/c1-11-4-6-14-13(8-11)18(23(24,25)26)17-19(27)20(33-22(17)29-14)21(30)28-10-12-5-7-15(31-2)16(9-12)32-3/h5,7,9,11H,4,6,8,10,27H2,1-3H3,(H,28,30). The summed E-state index contributed by atoms with van der Waals surface area (Å²) in [5, 5.41) is 2.56. The number of amides is 1. The normalized spacial score (nSPS) is 15.9.